The summed E-state index contributed by atoms with van der Waals surface area (Å²) in [6.45, 7) is 32.4. The zero-order valence-electron chi connectivity index (χ0n) is 33.9. The second-order valence-electron chi connectivity index (χ2n) is 14.9. The molecule has 0 aromatic heterocycles. The van der Waals surface area contributed by atoms with Crippen LogP contribution in [0.4, 0.5) is 0 Å². The minimum absolute atomic E-state index is 0.0990. The van der Waals surface area contributed by atoms with E-state index in [1.54, 1.807) is 22.8 Å². The predicted octanol–water partition coefficient (Wildman–Crippen LogP) is 13.4. The van der Waals surface area contributed by atoms with Crippen LogP contribution in [0, 0.1) is 23.7 Å². The highest BCUT2D eigenvalue weighted by Crippen LogP contribution is 2.64. The Labute approximate surface area is 327 Å². The van der Waals surface area contributed by atoms with Crippen LogP contribution in [0.25, 0.3) is 0 Å². The maximum absolute atomic E-state index is 12.2. The van der Waals surface area contributed by atoms with E-state index in [0.29, 0.717) is 47.5 Å². The van der Waals surface area contributed by atoms with Gasteiger partial charge >= 0.3 is 5.97 Å². The van der Waals surface area contributed by atoms with Gasteiger partial charge < -0.3 is 31.9 Å². The van der Waals surface area contributed by atoms with Crippen LogP contribution in [0.1, 0.15) is 136 Å². The van der Waals surface area contributed by atoms with E-state index in [4.69, 9.17) is 43.7 Å². The SMILES string of the molecule is CCOC(=O)CCSP(=S)(OC(C)CSP(OC(C)CC(C)C)OC(C)CC(C)C)OC(C)CSP(OC(C)CC(C)C)OC(C)CC(C)C. The van der Waals surface area contributed by atoms with Gasteiger partial charge in [0.15, 0.2) is 0 Å². The smallest absolute Gasteiger partial charge is 0.306 e. The van der Waals surface area contributed by atoms with Crippen molar-refractivity contribution in [3.8, 4) is 0 Å². The van der Waals surface area contributed by atoms with E-state index >= 15 is 0 Å². The van der Waals surface area contributed by atoms with Crippen LogP contribution in [0.3, 0.4) is 0 Å². The van der Waals surface area contributed by atoms with Crippen molar-refractivity contribution in [2.45, 2.75) is 173 Å². The fraction of sp³-hybridized carbons (Fsp3) is 0.971. The van der Waals surface area contributed by atoms with E-state index in [2.05, 4.69) is 83.1 Å². The van der Waals surface area contributed by atoms with Crippen LogP contribution in [-0.4, -0.2) is 66.5 Å². The molecule has 15 heteroatoms. The van der Waals surface area contributed by atoms with Crippen LogP contribution in [0.5, 0.6) is 0 Å². The summed E-state index contributed by atoms with van der Waals surface area (Å²) < 4.78 is 44.1. The Hall–Kier alpha value is 1.79. The van der Waals surface area contributed by atoms with Crippen LogP contribution >= 0.6 is 55.0 Å². The molecule has 0 saturated carbocycles. The van der Waals surface area contributed by atoms with Gasteiger partial charge in [-0.25, -0.2) is 0 Å². The largest absolute Gasteiger partial charge is 0.466 e. The van der Waals surface area contributed by atoms with Gasteiger partial charge in [-0.2, -0.15) is 0 Å². The maximum Gasteiger partial charge on any atom is 0.306 e. The third-order valence-corrected chi connectivity index (χ3v) is 19.0. The Bertz CT molecular complexity index is 829. The van der Waals surface area contributed by atoms with Gasteiger partial charge in [-0.15, -0.1) is 0 Å². The lowest BCUT2D eigenvalue weighted by molar-refractivity contribution is -0.142. The number of ether oxygens (including phenoxy) is 1. The van der Waals surface area contributed by atoms with E-state index in [1.165, 1.54) is 11.4 Å². The monoisotopic (exact) mass is 842 g/mol. The number of rotatable bonds is 31. The van der Waals surface area contributed by atoms with Gasteiger partial charge in [0.05, 0.1) is 49.7 Å². The number of carbonyl (C=O) groups excluding carboxylic acids is 1. The molecule has 0 rings (SSSR count). The molecule has 0 amide bonds. The molecule has 0 aromatic carbocycles. The molecule has 6 atom stereocenters. The number of esters is 1. The van der Waals surface area contributed by atoms with Gasteiger partial charge in [-0.3, -0.25) is 4.79 Å². The van der Waals surface area contributed by atoms with Crippen molar-refractivity contribution in [3.63, 3.8) is 0 Å². The molecule has 300 valence electrons. The third kappa shape index (κ3) is 29.1. The first-order valence-corrected chi connectivity index (χ1v) is 28.3. The zero-order valence-corrected chi connectivity index (χ0v) is 39.8. The second kappa shape index (κ2) is 29.1. The predicted molar refractivity (Wildman–Crippen MR) is 228 cm³/mol. The summed E-state index contributed by atoms with van der Waals surface area (Å²) in [7, 11) is -2.36. The first-order valence-electron chi connectivity index (χ1n) is 18.5. The highest BCUT2D eigenvalue weighted by Gasteiger charge is 2.30. The zero-order chi connectivity index (χ0) is 38.4. The van der Waals surface area contributed by atoms with Crippen LogP contribution in [0.15, 0.2) is 0 Å². The normalized spacial score (nSPS) is 18.5. The molecule has 0 radical (unpaired) electrons. The fourth-order valence-electron chi connectivity index (χ4n) is 4.98. The van der Waals surface area contributed by atoms with Crippen LogP contribution in [0.2, 0.25) is 0 Å². The lowest BCUT2D eigenvalue weighted by Crippen LogP contribution is -2.17. The van der Waals surface area contributed by atoms with E-state index in [-0.39, 0.29) is 49.0 Å². The molecule has 8 nitrogen and oxygen atoms in total. The molecule has 0 heterocycles. The summed E-state index contributed by atoms with van der Waals surface area (Å²) in [6, 6.07) is 0. The molecule has 50 heavy (non-hydrogen) atoms. The van der Waals surface area contributed by atoms with Gasteiger partial charge in [-0.05, 0) is 110 Å². The van der Waals surface area contributed by atoms with Gasteiger partial charge in [0, 0.05) is 17.3 Å². The summed E-state index contributed by atoms with van der Waals surface area (Å²) in [5.74, 6) is 3.67. The van der Waals surface area contributed by atoms with Crippen molar-refractivity contribution in [1.82, 2.24) is 0 Å². The minimum Gasteiger partial charge on any atom is -0.466 e. The molecule has 0 aromatic rings. The van der Waals surface area contributed by atoms with Gasteiger partial charge in [0.25, 0.3) is 0 Å². The molecule has 0 N–H and O–H groups in total. The molecule has 0 spiro atoms. The summed E-state index contributed by atoms with van der Waals surface area (Å²) in [5, 5.41) is 0. The average Bonchev–Trinajstić information content (AvgIpc) is 2.92. The molecule has 0 aliphatic rings. The Kier molecular flexibility index (Phi) is 30.1. The van der Waals surface area contributed by atoms with Gasteiger partial charge in [0.2, 0.25) is 20.8 Å². The maximum atomic E-state index is 12.2. The molecule has 0 bridgehead atoms. The Morgan fingerprint density at radius 3 is 1.18 bits per heavy atom. The standard InChI is InChI=1S/C35H73O8P3S4/c1-16-37-35(36)17-18-50-46(47,42-33(14)23-48-44(38-29(10)19-25(2)3)39-30(11)20-26(4)5)43-34(15)24-49-45(40-31(12)21-27(6)7)41-32(13)22-28(8)9/h25-34H,16-24H2,1-15H3. The Balaban J connectivity index is 5.70. The van der Waals surface area contributed by atoms with E-state index in [9.17, 15) is 4.79 Å². The van der Waals surface area contributed by atoms with Crippen LogP contribution < -0.4 is 0 Å². The molecular formula is C35H73O8P3S4. The molecule has 0 fully saturated rings. The molecule has 0 saturated heterocycles. The summed E-state index contributed by atoms with van der Waals surface area (Å²) in [5.41, 5.74) is -2.85. The highest BCUT2D eigenvalue weighted by atomic mass is 32.9. The number of hydrogen-bond donors (Lipinski definition) is 0. The highest BCUT2D eigenvalue weighted by molar-refractivity contribution is 8.67. The molecule has 0 aliphatic carbocycles. The number of hydrogen-bond acceptors (Lipinski definition) is 12. The van der Waals surface area contributed by atoms with Crippen molar-refractivity contribution < 1.29 is 36.7 Å². The summed E-state index contributed by atoms with van der Waals surface area (Å²) in [6.07, 6.45) is 4.11. The lowest BCUT2D eigenvalue weighted by Gasteiger charge is -2.30. The number of carbonyl (C=O) groups is 1. The minimum atomic E-state index is -2.85. The van der Waals surface area contributed by atoms with Gasteiger partial charge in [-0.1, -0.05) is 89.5 Å². The van der Waals surface area contributed by atoms with Crippen molar-refractivity contribution in [3.05, 3.63) is 0 Å². The van der Waals surface area contributed by atoms with E-state index in [0.717, 1.165) is 25.7 Å². The molecular weight excluding hydrogens is 770 g/mol. The van der Waals surface area contributed by atoms with Crippen molar-refractivity contribution in [2.24, 2.45) is 23.7 Å². The van der Waals surface area contributed by atoms with Crippen molar-refractivity contribution in [1.29, 1.82) is 0 Å². The van der Waals surface area contributed by atoms with E-state index < -0.39 is 20.8 Å². The van der Waals surface area contributed by atoms with Crippen molar-refractivity contribution in [2.75, 3.05) is 23.9 Å². The Morgan fingerprint density at radius 1 is 0.580 bits per heavy atom. The van der Waals surface area contributed by atoms with E-state index in [1.807, 2.05) is 20.8 Å². The van der Waals surface area contributed by atoms with Crippen molar-refractivity contribution >= 4 is 72.8 Å². The first-order chi connectivity index (χ1) is 23.2. The second-order valence-corrected chi connectivity index (χ2v) is 27.5. The third-order valence-electron chi connectivity index (χ3n) is 6.59. The molecule has 0 aliphatic heterocycles. The first kappa shape index (κ1) is 51.8. The summed E-state index contributed by atoms with van der Waals surface area (Å²) >= 11 is 10.9. The quantitative estimate of drug-likeness (QED) is 0.0492. The average molecular weight is 843 g/mol. The lowest BCUT2D eigenvalue weighted by atomic mass is 10.1. The summed E-state index contributed by atoms with van der Waals surface area (Å²) in [4.78, 5) is 12.2. The van der Waals surface area contributed by atoms with Crippen LogP contribution in [-0.2, 0) is 48.5 Å². The topological polar surface area (TPSA) is 81.7 Å². The Morgan fingerprint density at radius 2 is 0.900 bits per heavy atom. The van der Waals surface area contributed by atoms with Gasteiger partial charge in [0.1, 0.15) is 0 Å². The fourth-order valence-corrected chi connectivity index (χ4v) is 17.8. The molecule has 6 unspecified atom stereocenters.